The van der Waals surface area contributed by atoms with E-state index >= 15 is 0 Å². The third kappa shape index (κ3) is 2.93. The summed E-state index contributed by atoms with van der Waals surface area (Å²) in [4.78, 5) is 12.8. The van der Waals surface area contributed by atoms with Gasteiger partial charge in [-0.2, -0.15) is 5.26 Å². The van der Waals surface area contributed by atoms with Gasteiger partial charge in [0.1, 0.15) is 11.7 Å². The highest BCUT2D eigenvalue weighted by molar-refractivity contribution is 5.91. The first kappa shape index (κ1) is 15.5. The largest absolute Gasteiger partial charge is 0.497 e. The van der Waals surface area contributed by atoms with Crippen LogP contribution in [0.25, 0.3) is 0 Å². The van der Waals surface area contributed by atoms with Gasteiger partial charge in [0.05, 0.1) is 31.3 Å². The van der Waals surface area contributed by atoms with Crippen molar-refractivity contribution in [3.63, 3.8) is 0 Å². The summed E-state index contributed by atoms with van der Waals surface area (Å²) in [6, 6.07) is 9.24. The molecular formula is C17H21NO3. The van der Waals surface area contributed by atoms with E-state index in [0.29, 0.717) is 11.3 Å². The first-order valence-corrected chi connectivity index (χ1v) is 7.22. The molecule has 0 saturated carbocycles. The first-order valence-electron chi connectivity index (χ1n) is 7.22. The Morgan fingerprint density at radius 1 is 1.24 bits per heavy atom. The first-order chi connectivity index (χ1) is 9.99. The Balaban J connectivity index is 2.24. The number of ether oxygens (including phenoxy) is 2. The zero-order chi connectivity index (χ0) is 15.6. The minimum absolute atomic E-state index is 0.0455. The molecule has 4 nitrogen and oxygen atoms in total. The van der Waals surface area contributed by atoms with Crippen LogP contribution in [-0.2, 0) is 9.53 Å². The third-order valence-corrected chi connectivity index (χ3v) is 4.43. The van der Waals surface area contributed by atoms with Crippen LogP contribution in [0.1, 0.15) is 32.3 Å². The normalized spacial score (nSPS) is 29.7. The number of methoxy groups -OCH3 is 1. The monoisotopic (exact) mass is 287 g/mol. The van der Waals surface area contributed by atoms with Crippen LogP contribution in [0.5, 0.6) is 5.75 Å². The van der Waals surface area contributed by atoms with Crippen LogP contribution in [0.2, 0.25) is 0 Å². The molecule has 1 heterocycles. The average molecular weight is 287 g/mol. The molecule has 0 aromatic heterocycles. The minimum Gasteiger partial charge on any atom is -0.497 e. The fourth-order valence-electron chi connectivity index (χ4n) is 3.05. The molecule has 1 saturated heterocycles. The predicted molar refractivity (Wildman–Crippen MR) is 79.0 cm³/mol. The quantitative estimate of drug-likeness (QED) is 0.854. The Morgan fingerprint density at radius 3 is 2.29 bits per heavy atom. The molecule has 1 aromatic rings. The average Bonchev–Trinajstić information content (AvgIpc) is 2.73. The van der Waals surface area contributed by atoms with Gasteiger partial charge in [0.2, 0.25) is 0 Å². The van der Waals surface area contributed by atoms with E-state index in [0.717, 1.165) is 0 Å². The molecule has 5 unspecified atom stereocenters. The van der Waals surface area contributed by atoms with Crippen molar-refractivity contribution in [3.8, 4) is 11.8 Å². The van der Waals surface area contributed by atoms with E-state index in [1.54, 1.807) is 31.4 Å². The molecule has 2 rings (SSSR count). The van der Waals surface area contributed by atoms with E-state index in [1.165, 1.54) is 0 Å². The van der Waals surface area contributed by atoms with Crippen LogP contribution >= 0.6 is 0 Å². The minimum atomic E-state index is -0.750. The van der Waals surface area contributed by atoms with Gasteiger partial charge >= 0.3 is 0 Å². The number of benzene rings is 1. The van der Waals surface area contributed by atoms with E-state index in [1.807, 2.05) is 20.8 Å². The van der Waals surface area contributed by atoms with Crippen molar-refractivity contribution in [1.82, 2.24) is 0 Å². The number of carbonyl (C=O) groups excluding carboxylic acids is 1. The van der Waals surface area contributed by atoms with Gasteiger partial charge in [-0.25, -0.2) is 0 Å². The zero-order valence-electron chi connectivity index (χ0n) is 12.9. The van der Waals surface area contributed by atoms with Crippen molar-refractivity contribution in [2.75, 3.05) is 7.11 Å². The Hall–Kier alpha value is -1.86. The Morgan fingerprint density at radius 2 is 1.86 bits per heavy atom. The van der Waals surface area contributed by atoms with Crippen LogP contribution in [0.15, 0.2) is 24.3 Å². The van der Waals surface area contributed by atoms with Gasteiger partial charge < -0.3 is 9.47 Å². The molecule has 0 amide bonds. The molecular weight excluding hydrogens is 266 g/mol. The van der Waals surface area contributed by atoms with E-state index in [9.17, 15) is 10.1 Å². The lowest BCUT2D eigenvalue weighted by atomic mass is 9.79. The number of Topliss-reactive ketones (excluding diaryl/α,β-unsaturated/α-hetero) is 1. The number of carbonyl (C=O) groups is 1. The molecule has 0 bridgehead atoms. The molecule has 1 aliphatic heterocycles. The molecule has 21 heavy (non-hydrogen) atoms. The number of ketones is 1. The molecule has 5 atom stereocenters. The smallest absolute Gasteiger partial charge is 0.160 e. The van der Waals surface area contributed by atoms with Crippen molar-refractivity contribution < 1.29 is 14.3 Å². The predicted octanol–water partition coefficient (Wildman–Crippen LogP) is 2.93. The van der Waals surface area contributed by atoms with Crippen LogP contribution < -0.4 is 4.74 Å². The van der Waals surface area contributed by atoms with Crippen LogP contribution in [0.4, 0.5) is 0 Å². The number of nitriles is 1. The van der Waals surface area contributed by atoms with Crippen molar-refractivity contribution >= 4 is 5.78 Å². The van der Waals surface area contributed by atoms with Crippen molar-refractivity contribution in [3.05, 3.63) is 29.8 Å². The van der Waals surface area contributed by atoms with Gasteiger partial charge in [-0.3, -0.25) is 4.79 Å². The van der Waals surface area contributed by atoms with Gasteiger partial charge in [0, 0.05) is 0 Å². The molecule has 4 heteroatoms. The number of hydrogen-bond acceptors (Lipinski definition) is 4. The summed E-state index contributed by atoms with van der Waals surface area (Å²) in [6.07, 6.45) is -0.0965. The van der Waals surface area contributed by atoms with Gasteiger partial charge in [0.15, 0.2) is 5.78 Å². The zero-order valence-corrected chi connectivity index (χ0v) is 12.9. The summed E-state index contributed by atoms with van der Waals surface area (Å²) >= 11 is 0. The third-order valence-electron chi connectivity index (χ3n) is 4.43. The maximum atomic E-state index is 12.8. The van der Waals surface area contributed by atoms with E-state index in [4.69, 9.17) is 9.47 Å². The highest BCUT2D eigenvalue weighted by Gasteiger charge is 2.44. The van der Waals surface area contributed by atoms with Crippen molar-refractivity contribution in [2.45, 2.75) is 38.9 Å². The van der Waals surface area contributed by atoms with E-state index in [-0.39, 0.29) is 29.8 Å². The summed E-state index contributed by atoms with van der Waals surface area (Å²) < 4.78 is 10.8. The van der Waals surface area contributed by atoms with Crippen molar-refractivity contribution in [2.24, 2.45) is 11.8 Å². The second-order valence-corrected chi connectivity index (χ2v) is 5.67. The lowest BCUT2D eigenvalue weighted by Crippen LogP contribution is -2.30. The highest BCUT2D eigenvalue weighted by atomic mass is 16.5. The molecule has 0 spiro atoms. The molecule has 0 radical (unpaired) electrons. The van der Waals surface area contributed by atoms with Gasteiger partial charge in [-0.15, -0.1) is 0 Å². The van der Waals surface area contributed by atoms with Gasteiger partial charge in [-0.05, 0) is 37.5 Å². The summed E-state index contributed by atoms with van der Waals surface area (Å²) in [5.41, 5.74) is 0.710. The maximum absolute atomic E-state index is 12.8. The van der Waals surface area contributed by atoms with Gasteiger partial charge in [0.25, 0.3) is 0 Å². The SMILES string of the molecule is COc1ccc(C(C#N)C(=O)C2C(C)OC(C)C2C)cc1. The standard InChI is InChI=1S/C17H21NO3/c1-10-11(2)21-12(3)16(10)17(19)15(9-18)13-5-7-14(20-4)8-6-13/h5-8,10-12,15-16H,1-4H3. The lowest BCUT2D eigenvalue weighted by molar-refractivity contribution is -0.125. The molecule has 0 aliphatic carbocycles. The summed E-state index contributed by atoms with van der Waals surface area (Å²) in [6.45, 7) is 5.90. The molecule has 1 fully saturated rings. The summed E-state index contributed by atoms with van der Waals surface area (Å²) in [7, 11) is 1.59. The molecule has 1 aromatic carbocycles. The van der Waals surface area contributed by atoms with Gasteiger partial charge in [-0.1, -0.05) is 19.1 Å². The Bertz CT molecular complexity index is 546. The number of nitrogens with zero attached hydrogens (tertiary/aromatic N) is 1. The Kier molecular flexibility index (Phi) is 4.64. The molecule has 112 valence electrons. The fraction of sp³-hybridized carbons (Fsp3) is 0.529. The summed E-state index contributed by atoms with van der Waals surface area (Å²) in [5, 5.41) is 9.43. The van der Waals surface area contributed by atoms with Crippen LogP contribution in [-0.4, -0.2) is 25.1 Å². The lowest BCUT2D eigenvalue weighted by Gasteiger charge is -2.20. The van der Waals surface area contributed by atoms with E-state index in [2.05, 4.69) is 6.07 Å². The maximum Gasteiger partial charge on any atom is 0.160 e. The molecule has 1 aliphatic rings. The fourth-order valence-corrected chi connectivity index (χ4v) is 3.05. The highest BCUT2D eigenvalue weighted by Crippen LogP contribution is 2.36. The topological polar surface area (TPSA) is 59.3 Å². The number of hydrogen-bond donors (Lipinski definition) is 0. The second-order valence-electron chi connectivity index (χ2n) is 5.67. The van der Waals surface area contributed by atoms with Crippen LogP contribution in [0.3, 0.4) is 0 Å². The van der Waals surface area contributed by atoms with Crippen LogP contribution in [0, 0.1) is 23.2 Å². The number of rotatable bonds is 4. The Labute approximate surface area is 125 Å². The van der Waals surface area contributed by atoms with E-state index < -0.39 is 5.92 Å². The van der Waals surface area contributed by atoms with Crippen molar-refractivity contribution in [1.29, 1.82) is 5.26 Å². The summed E-state index contributed by atoms with van der Waals surface area (Å²) in [5.74, 6) is -0.192. The molecule has 0 N–H and O–H groups in total. The second kappa shape index (κ2) is 6.28.